The molecular weight excluding hydrogens is 248 g/mol. The Morgan fingerprint density at radius 3 is 2.80 bits per heavy atom. The molecule has 1 N–H and O–H groups in total. The molecule has 3 heterocycles. The number of nitrogens with one attached hydrogen (secondary N) is 1. The first-order valence-corrected chi connectivity index (χ1v) is 6.58. The van der Waals surface area contributed by atoms with E-state index in [9.17, 15) is 0 Å². The monoisotopic (exact) mass is 258 g/mol. The first kappa shape index (κ1) is 10.0. The topological polar surface area (TPSA) is 41.8 Å². The van der Waals surface area contributed by atoms with E-state index >= 15 is 0 Å². The van der Waals surface area contributed by atoms with Crippen LogP contribution in [0.1, 0.15) is 0 Å². The zero-order valence-corrected chi connectivity index (χ0v) is 10.6. The standard InChI is InChI=1S/C17H10N2O/c1-2-5-12-10(4-1)11-7-8-13-15(16(11)19-12)17-14(20-13)6-3-9-18-17/h1-9,19H. The quantitative estimate of drug-likeness (QED) is 0.440. The van der Waals surface area contributed by atoms with E-state index in [2.05, 4.69) is 34.2 Å². The Hall–Kier alpha value is -2.81. The molecule has 0 aliphatic rings. The molecule has 0 atom stereocenters. The van der Waals surface area contributed by atoms with Crippen molar-refractivity contribution < 1.29 is 4.42 Å². The number of hydrogen-bond acceptors (Lipinski definition) is 2. The SMILES string of the molecule is c1ccc2c(c1)[nH]c1c2ccc2oc3cccnc3c21. The average Bonchev–Trinajstić information content (AvgIpc) is 3.04. The van der Waals surface area contributed by atoms with Gasteiger partial charge in [0.25, 0.3) is 0 Å². The number of benzene rings is 2. The van der Waals surface area contributed by atoms with E-state index in [-0.39, 0.29) is 0 Å². The largest absolute Gasteiger partial charge is 0.454 e. The van der Waals surface area contributed by atoms with Crippen LogP contribution in [0.5, 0.6) is 0 Å². The highest BCUT2D eigenvalue weighted by Crippen LogP contribution is 2.35. The number of furan rings is 1. The van der Waals surface area contributed by atoms with Crippen LogP contribution in [0, 0.1) is 0 Å². The number of aromatic amines is 1. The van der Waals surface area contributed by atoms with E-state index in [1.54, 1.807) is 6.20 Å². The minimum atomic E-state index is 0.827. The van der Waals surface area contributed by atoms with E-state index in [0.717, 1.165) is 33.1 Å². The molecule has 94 valence electrons. The second-order valence-electron chi connectivity index (χ2n) is 4.98. The Bertz CT molecular complexity index is 1100. The molecule has 5 rings (SSSR count). The molecule has 5 aromatic rings. The van der Waals surface area contributed by atoms with Crippen molar-refractivity contribution in [3.63, 3.8) is 0 Å². The summed E-state index contributed by atoms with van der Waals surface area (Å²) >= 11 is 0. The normalized spacial score (nSPS) is 12.0. The van der Waals surface area contributed by atoms with Crippen LogP contribution in [0.15, 0.2) is 59.1 Å². The van der Waals surface area contributed by atoms with Crippen molar-refractivity contribution in [3.8, 4) is 0 Å². The van der Waals surface area contributed by atoms with E-state index in [1.807, 2.05) is 24.3 Å². The Morgan fingerprint density at radius 2 is 1.80 bits per heavy atom. The minimum Gasteiger partial charge on any atom is -0.454 e. The summed E-state index contributed by atoms with van der Waals surface area (Å²) in [6.07, 6.45) is 1.80. The Balaban J connectivity index is 2.14. The van der Waals surface area contributed by atoms with Gasteiger partial charge in [-0.3, -0.25) is 4.98 Å². The second kappa shape index (κ2) is 3.39. The van der Waals surface area contributed by atoms with Crippen molar-refractivity contribution >= 4 is 43.9 Å². The molecule has 0 amide bonds. The smallest absolute Gasteiger partial charge is 0.153 e. The first-order valence-electron chi connectivity index (χ1n) is 6.58. The number of para-hydroxylation sites is 1. The summed E-state index contributed by atoms with van der Waals surface area (Å²) in [6, 6.07) is 16.3. The van der Waals surface area contributed by atoms with Gasteiger partial charge in [-0.15, -0.1) is 0 Å². The summed E-state index contributed by atoms with van der Waals surface area (Å²) in [7, 11) is 0. The van der Waals surface area contributed by atoms with Crippen molar-refractivity contribution in [2.75, 3.05) is 0 Å². The first-order chi connectivity index (χ1) is 9.92. The van der Waals surface area contributed by atoms with E-state index in [0.29, 0.717) is 0 Å². The third kappa shape index (κ3) is 1.12. The molecule has 0 aliphatic carbocycles. The van der Waals surface area contributed by atoms with Crippen molar-refractivity contribution in [3.05, 3.63) is 54.7 Å². The summed E-state index contributed by atoms with van der Waals surface area (Å²) in [5.74, 6) is 0. The van der Waals surface area contributed by atoms with E-state index in [4.69, 9.17) is 4.42 Å². The number of pyridine rings is 1. The van der Waals surface area contributed by atoms with Gasteiger partial charge in [0.2, 0.25) is 0 Å². The van der Waals surface area contributed by atoms with Crippen LogP contribution in [-0.4, -0.2) is 9.97 Å². The minimum absolute atomic E-state index is 0.827. The van der Waals surface area contributed by atoms with Crippen LogP contribution in [0.4, 0.5) is 0 Å². The van der Waals surface area contributed by atoms with Gasteiger partial charge in [0.05, 0.1) is 10.9 Å². The van der Waals surface area contributed by atoms with Crippen molar-refractivity contribution in [1.29, 1.82) is 0 Å². The fourth-order valence-corrected chi connectivity index (χ4v) is 3.00. The summed E-state index contributed by atoms with van der Waals surface area (Å²) in [6.45, 7) is 0. The Labute approximate surface area is 113 Å². The molecule has 3 aromatic heterocycles. The molecule has 0 saturated carbocycles. The maximum absolute atomic E-state index is 5.87. The van der Waals surface area contributed by atoms with Gasteiger partial charge in [-0.25, -0.2) is 0 Å². The lowest BCUT2D eigenvalue weighted by Gasteiger charge is -1.92. The lowest BCUT2D eigenvalue weighted by Crippen LogP contribution is -1.74. The maximum atomic E-state index is 5.87. The zero-order valence-electron chi connectivity index (χ0n) is 10.6. The molecule has 0 fully saturated rings. The molecule has 0 unspecified atom stereocenters. The maximum Gasteiger partial charge on any atom is 0.153 e. The zero-order chi connectivity index (χ0) is 13.1. The highest BCUT2D eigenvalue weighted by molar-refractivity contribution is 6.22. The number of aromatic nitrogens is 2. The fraction of sp³-hybridized carbons (Fsp3) is 0. The van der Waals surface area contributed by atoms with Crippen molar-refractivity contribution in [2.45, 2.75) is 0 Å². The molecule has 2 aromatic carbocycles. The highest BCUT2D eigenvalue weighted by Gasteiger charge is 2.13. The van der Waals surface area contributed by atoms with Crippen LogP contribution in [0.3, 0.4) is 0 Å². The molecule has 0 radical (unpaired) electrons. The number of rotatable bonds is 0. The molecule has 20 heavy (non-hydrogen) atoms. The van der Waals surface area contributed by atoms with Gasteiger partial charge in [0.15, 0.2) is 5.58 Å². The molecule has 0 spiro atoms. The fourth-order valence-electron chi connectivity index (χ4n) is 3.00. The molecule has 0 saturated heterocycles. The number of fused-ring (bicyclic) bond motifs is 7. The van der Waals surface area contributed by atoms with Gasteiger partial charge >= 0.3 is 0 Å². The summed E-state index contributed by atoms with van der Waals surface area (Å²) in [5.41, 5.74) is 4.85. The van der Waals surface area contributed by atoms with Gasteiger partial charge in [0, 0.05) is 22.5 Å². The van der Waals surface area contributed by atoms with Crippen LogP contribution in [0.25, 0.3) is 43.9 Å². The Kier molecular flexibility index (Phi) is 1.70. The molecular formula is C17H10N2O. The van der Waals surface area contributed by atoms with Crippen molar-refractivity contribution in [2.24, 2.45) is 0 Å². The average molecular weight is 258 g/mol. The number of nitrogens with zero attached hydrogens (tertiary/aromatic N) is 1. The molecule has 3 nitrogen and oxygen atoms in total. The summed E-state index contributed by atoms with van der Waals surface area (Å²) in [5, 5.41) is 3.51. The van der Waals surface area contributed by atoms with E-state index in [1.165, 1.54) is 10.8 Å². The van der Waals surface area contributed by atoms with Crippen LogP contribution < -0.4 is 0 Å². The summed E-state index contributed by atoms with van der Waals surface area (Å²) in [4.78, 5) is 7.98. The Morgan fingerprint density at radius 1 is 0.850 bits per heavy atom. The van der Waals surface area contributed by atoms with Gasteiger partial charge in [0.1, 0.15) is 11.1 Å². The second-order valence-corrected chi connectivity index (χ2v) is 4.98. The molecule has 0 aliphatic heterocycles. The molecule has 3 heteroatoms. The predicted molar refractivity (Wildman–Crippen MR) is 80.9 cm³/mol. The van der Waals surface area contributed by atoms with Gasteiger partial charge < -0.3 is 9.40 Å². The van der Waals surface area contributed by atoms with Gasteiger partial charge in [-0.05, 0) is 30.3 Å². The predicted octanol–water partition coefficient (Wildman–Crippen LogP) is 4.62. The van der Waals surface area contributed by atoms with Gasteiger partial charge in [-0.2, -0.15) is 0 Å². The summed E-state index contributed by atoms with van der Waals surface area (Å²) < 4.78 is 5.87. The number of H-pyrrole nitrogens is 1. The highest BCUT2D eigenvalue weighted by atomic mass is 16.3. The lowest BCUT2D eigenvalue weighted by molar-refractivity contribution is 0.668. The number of hydrogen-bond donors (Lipinski definition) is 1. The lowest BCUT2D eigenvalue weighted by atomic mass is 10.1. The van der Waals surface area contributed by atoms with Crippen LogP contribution >= 0.6 is 0 Å². The molecule has 0 bridgehead atoms. The third-order valence-corrected chi connectivity index (χ3v) is 3.87. The van der Waals surface area contributed by atoms with Gasteiger partial charge in [-0.1, -0.05) is 18.2 Å². The van der Waals surface area contributed by atoms with E-state index < -0.39 is 0 Å². The van der Waals surface area contributed by atoms with Crippen molar-refractivity contribution in [1.82, 2.24) is 9.97 Å². The van der Waals surface area contributed by atoms with Crippen LogP contribution in [-0.2, 0) is 0 Å². The van der Waals surface area contributed by atoms with Crippen LogP contribution in [0.2, 0.25) is 0 Å². The third-order valence-electron chi connectivity index (χ3n) is 3.87.